The van der Waals surface area contributed by atoms with E-state index < -0.39 is 0 Å². The van der Waals surface area contributed by atoms with Crippen LogP contribution in [0.5, 0.6) is 0 Å². The van der Waals surface area contributed by atoms with Crippen molar-refractivity contribution in [3.63, 3.8) is 0 Å². The number of carbonyl (C=O) groups excluding carboxylic acids is 1. The molecule has 0 aromatic carbocycles. The highest BCUT2D eigenvalue weighted by molar-refractivity contribution is 5.76. The van der Waals surface area contributed by atoms with Crippen LogP contribution in [0, 0.1) is 5.92 Å². The molecule has 1 N–H and O–H groups in total. The minimum absolute atomic E-state index is 0.188. The minimum Gasteiger partial charge on any atom is -0.381 e. The summed E-state index contributed by atoms with van der Waals surface area (Å²) in [5.41, 5.74) is 0. The van der Waals surface area contributed by atoms with Gasteiger partial charge < -0.3 is 14.6 Å². The molecular formula is C16H26N4O2. The van der Waals surface area contributed by atoms with E-state index in [0.717, 1.165) is 58.1 Å². The van der Waals surface area contributed by atoms with E-state index in [1.54, 1.807) is 6.20 Å². The number of rotatable bonds is 5. The molecule has 1 amide bonds. The zero-order valence-electron chi connectivity index (χ0n) is 13.3. The monoisotopic (exact) mass is 306 g/mol. The van der Waals surface area contributed by atoms with Crippen LogP contribution >= 0.6 is 0 Å². The van der Waals surface area contributed by atoms with Crippen molar-refractivity contribution >= 4 is 5.91 Å². The number of aromatic amines is 1. The third kappa shape index (κ3) is 3.50. The lowest BCUT2D eigenvalue weighted by atomic mass is 10.0. The predicted molar refractivity (Wildman–Crippen MR) is 83.3 cm³/mol. The maximum absolute atomic E-state index is 12.5. The number of carbonyl (C=O) groups is 1. The Morgan fingerprint density at radius 3 is 3.09 bits per heavy atom. The fourth-order valence-corrected chi connectivity index (χ4v) is 3.44. The van der Waals surface area contributed by atoms with Crippen LogP contribution in [0.3, 0.4) is 0 Å². The fraction of sp³-hybridized carbons (Fsp3) is 0.750. The van der Waals surface area contributed by atoms with Gasteiger partial charge in [0.1, 0.15) is 5.82 Å². The normalized spacial score (nSPS) is 26.5. The second kappa shape index (κ2) is 7.24. The molecule has 2 fully saturated rings. The maximum atomic E-state index is 12.5. The smallest absolute Gasteiger partial charge is 0.222 e. The fourth-order valence-electron chi connectivity index (χ4n) is 3.44. The molecule has 1 aromatic rings. The molecule has 122 valence electrons. The van der Waals surface area contributed by atoms with Crippen molar-refractivity contribution in [2.45, 2.75) is 32.2 Å². The van der Waals surface area contributed by atoms with E-state index in [1.807, 2.05) is 11.1 Å². The SMILES string of the molecule is CCN1CCN(C(=O)CC[C@@H]2CCOC2)C[C@H]1c1ncc[nH]1. The summed E-state index contributed by atoms with van der Waals surface area (Å²) in [5.74, 6) is 1.81. The number of hydrogen-bond donors (Lipinski definition) is 1. The zero-order valence-corrected chi connectivity index (χ0v) is 13.3. The Bertz CT molecular complexity index is 471. The molecule has 6 nitrogen and oxygen atoms in total. The number of nitrogens with zero attached hydrogens (tertiary/aromatic N) is 3. The van der Waals surface area contributed by atoms with Crippen LogP contribution in [0.15, 0.2) is 12.4 Å². The number of piperazine rings is 1. The molecular weight excluding hydrogens is 280 g/mol. The third-order valence-corrected chi connectivity index (χ3v) is 4.88. The summed E-state index contributed by atoms with van der Waals surface area (Å²) in [7, 11) is 0. The highest BCUT2D eigenvalue weighted by atomic mass is 16.5. The van der Waals surface area contributed by atoms with Crippen LogP contribution in [0.1, 0.15) is 38.1 Å². The maximum Gasteiger partial charge on any atom is 0.222 e. The number of ether oxygens (including phenoxy) is 1. The van der Waals surface area contributed by atoms with E-state index in [4.69, 9.17) is 4.74 Å². The Balaban J connectivity index is 1.56. The average molecular weight is 306 g/mol. The highest BCUT2D eigenvalue weighted by Gasteiger charge is 2.31. The summed E-state index contributed by atoms with van der Waals surface area (Å²) in [6.07, 6.45) is 6.34. The Labute approximate surface area is 131 Å². The molecule has 0 bridgehead atoms. The molecule has 0 unspecified atom stereocenters. The standard InChI is InChI=1S/C16H26N4O2/c1-2-19-8-9-20(11-14(19)16-17-6-7-18-16)15(21)4-3-13-5-10-22-12-13/h6-7,13-14H,2-5,8-12H2,1H3,(H,17,18)/t13-,14+/m1/s1. The van der Waals surface area contributed by atoms with Crippen molar-refractivity contribution in [3.8, 4) is 0 Å². The molecule has 3 heterocycles. The van der Waals surface area contributed by atoms with Gasteiger partial charge in [-0.05, 0) is 25.3 Å². The predicted octanol–water partition coefficient (Wildman–Crippen LogP) is 1.43. The second-order valence-electron chi connectivity index (χ2n) is 6.23. The molecule has 6 heteroatoms. The number of nitrogens with one attached hydrogen (secondary N) is 1. The second-order valence-corrected chi connectivity index (χ2v) is 6.23. The van der Waals surface area contributed by atoms with E-state index in [2.05, 4.69) is 21.8 Å². The van der Waals surface area contributed by atoms with Gasteiger partial charge in [-0.1, -0.05) is 6.92 Å². The van der Waals surface area contributed by atoms with E-state index >= 15 is 0 Å². The van der Waals surface area contributed by atoms with Gasteiger partial charge in [0, 0.05) is 51.7 Å². The van der Waals surface area contributed by atoms with Crippen molar-refractivity contribution < 1.29 is 9.53 Å². The largest absolute Gasteiger partial charge is 0.381 e. The van der Waals surface area contributed by atoms with Crippen LogP contribution in [0.25, 0.3) is 0 Å². The first-order valence-electron chi connectivity index (χ1n) is 8.36. The quantitative estimate of drug-likeness (QED) is 0.894. The van der Waals surface area contributed by atoms with Crippen molar-refractivity contribution in [1.82, 2.24) is 19.8 Å². The Morgan fingerprint density at radius 1 is 1.50 bits per heavy atom. The number of imidazole rings is 1. The number of likely N-dealkylation sites (N-methyl/N-ethyl adjacent to an activating group) is 1. The summed E-state index contributed by atoms with van der Waals surface area (Å²) in [4.78, 5) is 24.5. The number of H-pyrrole nitrogens is 1. The van der Waals surface area contributed by atoms with E-state index in [9.17, 15) is 4.79 Å². The van der Waals surface area contributed by atoms with Gasteiger partial charge in [-0.15, -0.1) is 0 Å². The molecule has 1 aromatic heterocycles. The van der Waals surface area contributed by atoms with Gasteiger partial charge in [-0.2, -0.15) is 0 Å². The lowest BCUT2D eigenvalue weighted by molar-refractivity contribution is -0.134. The lowest BCUT2D eigenvalue weighted by Crippen LogP contribution is -2.50. The van der Waals surface area contributed by atoms with Gasteiger partial charge in [-0.25, -0.2) is 4.98 Å². The number of hydrogen-bond acceptors (Lipinski definition) is 4. The summed E-state index contributed by atoms with van der Waals surface area (Å²) in [6.45, 7) is 7.30. The Hall–Kier alpha value is -1.40. The van der Waals surface area contributed by atoms with Crippen LogP contribution in [0.4, 0.5) is 0 Å². The molecule has 0 spiro atoms. The summed E-state index contributed by atoms with van der Waals surface area (Å²) >= 11 is 0. The summed E-state index contributed by atoms with van der Waals surface area (Å²) in [5, 5.41) is 0. The van der Waals surface area contributed by atoms with E-state index in [0.29, 0.717) is 12.3 Å². The molecule has 0 aliphatic carbocycles. The van der Waals surface area contributed by atoms with E-state index in [-0.39, 0.29) is 11.9 Å². The van der Waals surface area contributed by atoms with Crippen LogP contribution in [0.2, 0.25) is 0 Å². The van der Waals surface area contributed by atoms with Gasteiger partial charge in [0.15, 0.2) is 0 Å². The average Bonchev–Trinajstić information content (AvgIpc) is 3.25. The molecule has 2 saturated heterocycles. The minimum atomic E-state index is 0.188. The number of amides is 1. The first kappa shape index (κ1) is 15.5. The molecule has 2 aliphatic rings. The van der Waals surface area contributed by atoms with Gasteiger partial charge in [0.25, 0.3) is 0 Å². The highest BCUT2D eigenvalue weighted by Crippen LogP contribution is 2.24. The molecule has 2 aliphatic heterocycles. The van der Waals surface area contributed by atoms with Crippen molar-refractivity contribution in [2.75, 3.05) is 39.4 Å². The van der Waals surface area contributed by atoms with Gasteiger partial charge in [0.05, 0.1) is 6.04 Å². The zero-order chi connectivity index (χ0) is 15.4. The van der Waals surface area contributed by atoms with Crippen LogP contribution in [-0.4, -0.2) is 65.1 Å². The topological polar surface area (TPSA) is 61.5 Å². The molecule has 3 rings (SSSR count). The number of aromatic nitrogens is 2. The van der Waals surface area contributed by atoms with Crippen LogP contribution in [-0.2, 0) is 9.53 Å². The molecule has 0 saturated carbocycles. The first-order valence-corrected chi connectivity index (χ1v) is 8.36. The van der Waals surface area contributed by atoms with Crippen LogP contribution < -0.4 is 0 Å². The summed E-state index contributed by atoms with van der Waals surface area (Å²) in [6, 6.07) is 0.188. The van der Waals surface area contributed by atoms with Crippen molar-refractivity contribution in [3.05, 3.63) is 18.2 Å². The first-order chi connectivity index (χ1) is 10.8. The molecule has 0 radical (unpaired) electrons. The lowest BCUT2D eigenvalue weighted by Gasteiger charge is -2.40. The van der Waals surface area contributed by atoms with Gasteiger partial charge >= 0.3 is 0 Å². The molecule has 22 heavy (non-hydrogen) atoms. The van der Waals surface area contributed by atoms with Crippen molar-refractivity contribution in [2.24, 2.45) is 5.92 Å². The Kier molecular flexibility index (Phi) is 5.10. The van der Waals surface area contributed by atoms with E-state index in [1.165, 1.54) is 0 Å². The van der Waals surface area contributed by atoms with Crippen molar-refractivity contribution in [1.29, 1.82) is 0 Å². The molecule has 2 atom stereocenters. The third-order valence-electron chi connectivity index (χ3n) is 4.88. The van der Waals surface area contributed by atoms with Gasteiger partial charge in [-0.3, -0.25) is 9.69 Å². The summed E-state index contributed by atoms with van der Waals surface area (Å²) < 4.78 is 5.39. The van der Waals surface area contributed by atoms with Gasteiger partial charge in [0.2, 0.25) is 5.91 Å². The Morgan fingerprint density at radius 2 is 2.41 bits per heavy atom.